The molecule has 0 unspecified atom stereocenters. The van der Waals surface area contributed by atoms with Crippen LogP contribution < -0.4 is 5.32 Å². The van der Waals surface area contributed by atoms with Gasteiger partial charge in [-0.05, 0) is 12.1 Å². The average Bonchev–Trinajstić information content (AvgIpc) is 3.53. The molecule has 2 heterocycles. The molecular weight excluding hydrogens is 496 g/mol. The lowest BCUT2D eigenvalue weighted by molar-refractivity contribution is -0.115. The van der Waals surface area contributed by atoms with Crippen LogP contribution >= 0.6 is 34.7 Å². The molecule has 5 aromatic rings. The molecule has 0 aliphatic heterocycles. The Balaban J connectivity index is 1.22. The minimum atomic E-state index is -0.0763. The first-order valence-electron chi connectivity index (χ1n) is 11.0. The summed E-state index contributed by atoms with van der Waals surface area (Å²) >= 11 is 8.89. The number of carbonyl (C=O) groups excluding carboxylic acids is 1. The van der Waals surface area contributed by atoms with E-state index in [1.807, 2.05) is 66.0 Å². The summed E-state index contributed by atoms with van der Waals surface area (Å²) in [5.41, 5.74) is 5.77. The van der Waals surface area contributed by atoms with Crippen LogP contribution in [-0.2, 0) is 4.79 Å². The van der Waals surface area contributed by atoms with Gasteiger partial charge in [-0.15, -0.1) is 11.3 Å². The summed E-state index contributed by atoms with van der Waals surface area (Å²) in [6.07, 6.45) is 0.350. The van der Waals surface area contributed by atoms with Gasteiger partial charge >= 0.3 is 0 Å². The summed E-state index contributed by atoms with van der Waals surface area (Å²) in [4.78, 5) is 25.3. The SMILES string of the molecule is O=C(CCSc1nc(-c2ccccc2)c(-c2ccccc2)[nH]1)Nc1nc(-c2ccc(Cl)cc2)cs1. The maximum Gasteiger partial charge on any atom is 0.226 e. The highest BCUT2D eigenvalue weighted by molar-refractivity contribution is 7.99. The van der Waals surface area contributed by atoms with Gasteiger partial charge in [-0.3, -0.25) is 4.79 Å². The van der Waals surface area contributed by atoms with Crippen molar-refractivity contribution in [3.8, 4) is 33.8 Å². The predicted octanol–water partition coefficient (Wildman–Crippen LogP) is 7.64. The lowest BCUT2D eigenvalue weighted by Crippen LogP contribution is -2.12. The molecule has 0 radical (unpaired) electrons. The average molecular weight is 517 g/mol. The van der Waals surface area contributed by atoms with Crippen LogP contribution in [0.5, 0.6) is 0 Å². The normalized spacial score (nSPS) is 10.9. The molecule has 0 aliphatic carbocycles. The van der Waals surface area contributed by atoms with Gasteiger partial charge in [-0.25, -0.2) is 9.97 Å². The Morgan fingerprint density at radius 2 is 1.57 bits per heavy atom. The number of rotatable bonds is 8. The van der Waals surface area contributed by atoms with Crippen molar-refractivity contribution in [2.45, 2.75) is 11.6 Å². The Bertz CT molecular complexity index is 1360. The van der Waals surface area contributed by atoms with E-state index in [-0.39, 0.29) is 5.91 Å². The van der Waals surface area contributed by atoms with Gasteiger partial charge in [0.1, 0.15) is 0 Å². The number of benzene rings is 3. The highest BCUT2D eigenvalue weighted by atomic mass is 35.5. The number of nitrogens with zero attached hydrogens (tertiary/aromatic N) is 2. The minimum absolute atomic E-state index is 0.0763. The number of aromatic nitrogens is 3. The zero-order valence-corrected chi connectivity index (χ0v) is 21.0. The van der Waals surface area contributed by atoms with Crippen LogP contribution in [0, 0.1) is 0 Å². The van der Waals surface area contributed by atoms with Crippen molar-refractivity contribution in [2.75, 3.05) is 11.1 Å². The molecule has 1 amide bonds. The van der Waals surface area contributed by atoms with Crippen molar-refractivity contribution in [3.05, 3.63) is 95.3 Å². The summed E-state index contributed by atoms with van der Waals surface area (Å²) < 4.78 is 0. The highest BCUT2D eigenvalue weighted by Gasteiger charge is 2.15. The van der Waals surface area contributed by atoms with Gasteiger partial charge in [0, 0.05) is 39.3 Å². The first-order valence-corrected chi connectivity index (χ1v) is 13.2. The summed E-state index contributed by atoms with van der Waals surface area (Å²) in [5, 5.41) is 6.87. The summed E-state index contributed by atoms with van der Waals surface area (Å²) in [6.45, 7) is 0. The molecule has 0 spiro atoms. The first kappa shape index (κ1) is 23.4. The summed E-state index contributed by atoms with van der Waals surface area (Å²) in [7, 11) is 0. The Hall–Kier alpha value is -3.39. The van der Waals surface area contributed by atoms with Gasteiger partial charge in [0.25, 0.3) is 0 Å². The maximum atomic E-state index is 12.5. The standard InChI is InChI=1S/C27H21ClN4OS2/c28-21-13-11-18(12-14-21)22-17-35-26(29-22)30-23(33)15-16-34-27-31-24(19-7-3-1-4-8-19)25(32-27)20-9-5-2-6-10-20/h1-14,17H,15-16H2,(H,31,32)(H,29,30,33). The monoisotopic (exact) mass is 516 g/mol. The molecule has 0 fully saturated rings. The van der Waals surface area contributed by atoms with Crippen molar-refractivity contribution in [2.24, 2.45) is 0 Å². The molecule has 0 saturated heterocycles. The Kier molecular flexibility index (Phi) is 7.28. The third kappa shape index (κ3) is 5.82. The van der Waals surface area contributed by atoms with E-state index < -0.39 is 0 Å². The smallest absolute Gasteiger partial charge is 0.226 e. The third-order valence-corrected chi connectivity index (χ3v) is 7.13. The highest BCUT2D eigenvalue weighted by Crippen LogP contribution is 2.33. The second-order valence-electron chi connectivity index (χ2n) is 7.69. The third-order valence-electron chi connectivity index (χ3n) is 5.25. The topological polar surface area (TPSA) is 70.7 Å². The molecule has 8 heteroatoms. The van der Waals surface area contributed by atoms with Crippen LogP contribution in [0.25, 0.3) is 33.8 Å². The van der Waals surface area contributed by atoms with Gasteiger partial charge in [-0.1, -0.05) is 96.2 Å². The summed E-state index contributed by atoms with van der Waals surface area (Å²) in [5.74, 6) is 0.518. The molecule has 3 aromatic carbocycles. The maximum absolute atomic E-state index is 12.5. The molecular formula is C27H21ClN4OS2. The zero-order valence-electron chi connectivity index (χ0n) is 18.6. The second kappa shape index (κ2) is 10.9. The van der Waals surface area contributed by atoms with E-state index in [1.54, 1.807) is 0 Å². The van der Waals surface area contributed by atoms with Crippen LogP contribution in [0.2, 0.25) is 5.02 Å². The number of hydrogen-bond acceptors (Lipinski definition) is 5. The number of H-pyrrole nitrogens is 1. The van der Waals surface area contributed by atoms with E-state index in [0.717, 1.165) is 38.9 Å². The van der Waals surface area contributed by atoms with Crippen molar-refractivity contribution >= 4 is 45.7 Å². The van der Waals surface area contributed by atoms with E-state index in [0.29, 0.717) is 22.3 Å². The lowest BCUT2D eigenvalue weighted by atomic mass is 10.1. The van der Waals surface area contributed by atoms with Crippen LogP contribution in [0.3, 0.4) is 0 Å². The van der Waals surface area contributed by atoms with Crippen LogP contribution in [0.15, 0.2) is 95.5 Å². The molecule has 174 valence electrons. The number of anilines is 1. The van der Waals surface area contributed by atoms with Crippen molar-refractivity contribution < 1.29 is 4.79 Å². The van der Waals surface area contributed by atoms with Crippen LogP contribution in [-0.4, -0.2) is 26.6 Å². The number of nitrogens with one attached hydrogen (secondary N) is 2. The number of amides is 1. The fraction of sp³-hybridized carbons (Fsp3) is 0.0741. The molecule has 5 rings (SSSR count). The first-order chi connectivity index (χ1) is 17.2. The van der Waals surface area contributed by atoms with Gasteiger partial charge in [0.05, 0.1) is 17.1 Å². The van der Waals surface area contributed by atoms with Gasteiger partial charge < -0.3 is 10.3 Å². The number of imidazole rings is 1. The fourth-order valence-electron chi connectivity index (χ4n) is 3.55. The van der Waals surface area contributed by atoms with E-state index >= 15 is 0 Å². The molecule has 0 saturated carbocycles. The lowest BCUT2D eigenvalue weighted by Gasteiger charge is -2.02. The van der Waals surface area contributed by atoms with Crippen LogP contribution in [0.4, 0.5) is 5.13 Å². The van der Waals surface area contributed by atoms with E-state index in [9.17, 15) is 4.79 Å². The van der Waals surface area contributed by atoms with E-state index in [4.69, 9.17) is 16.6 Å². The molecule has 0 aliphatic rings. The van der Waals surface area contributed by atoms with Crippen molar-refractivity contribution in [3.63, 3.8) is 0 Å². The zero-order chi connectivity index (χ0) is 24.0. The van der Waals surface area contributed by atoms with Gasteiger partial charge in [0.15, 0.2) is 10.3 Å². The van der Waals surface area contributed by atoms with Crippen molar-refractivity contribution in [1.29, 1.82) is 0 Å². The second-order valence-corrected chi connectivity index (χ2v) is 10.1. The number of thiazole rings is 1. The molecule has 2 aromatic heterocycles. The number of carbonyl (C=O) groups is 1. The largest absolute Gasteiger partial charge is 0.332 e. The molecule has 2 N–H and O–H groups in total. The van der Waals surface area contributed by atoms with Gasteiger partial charge in [-0.2, -0.15) is 0 Å². The quantitative estimate of drug-likeness (QED) is 0.208. The Morgan fingerprint density at radius 1 is 0.886 bits per heavy atom. The summed E-state index contributed by atoms with van der Waals surface area (Å²) in [6, 6.07) is 27.7. The number of aromatic amines is 1. The minimum Gasteiger partial charge on any atom is -0.332 e. The van der Waals surface area contributed by atoms with Crippen LogP contribution in [0.1, 0.15) is 6.42 Å². The number of hydrogen-bond donors (Lipinski definition) is 2. The Morgan fingerprint density at radius 3 is 2.29 bits per heavy atom. The van der Waals surface area contributed by atoms with Crippen molar-refractivity contribution in [1.82, 2.24) is 15.0 Å². The molecule has 0 bridgehead atoms. The molecule has 0 atom stereocenters. The Labute approximate surface area is 216 Å². The van der Waals surface area contributed by atoms with E-state index in [2.05, 4.69) is 39.6 Å². The number of thioether (sulfide) groups is 1. The molecule has 35 heavy (non-hydrogen) atoms. The number of halogens is 1. The predicted molar refractivity (Wildman–Crippen MR) is 146 cm³/mol. The molecule has 5 nitrogen and oxygen atoms in total. The fourth-order valence-corrected chi connectivity index (χ4v) is 5.22. The van der Waals surface area contributed by atoms with E-state index in [1.165, 1.54) is 23.1 Å². The van der Waals surface area contributed by atoms with Gasteiger partial charge in [0.2, 0.25) is 5.91 Å².